The Morgan fingerprint density at radius 1 is 1.12 bits per heavy atom. The van der Waals surface area contributed by atoms with Crippen LogP contribution in [0.3, 0.4) is 0 Å². The molecule has 2 N–H and O–H groups in total. The largest absolute Gasteiger partial charge is 0.504 e. The topological polar surface area (TPSA) is 108 Å². The van der Waals surface area contributed by atoms with Crippen LogP contribution in [-0.4, -0.2) is 43.6 Å². The lowest BCUT2D eigenvalue weighted by Crippen LogP contribution is -2.39. The maximum absolute atomic E-state index is 14.2. The van der Waals surface area contributed by atoms with Crippen LogP contribution in [0.5, 0.6) is 11.5 Å². The van der Waals surface area contributed by atoms with Crippen LogP contribution in [0.1, 0.15) is 16.7 Å². The number of aryl methyl sites for hydroxylation is 1. The monoisotopic (exact) mass is 485 g/mol. The summed E-state index contributed by atoms with van der Waals surface area (Å²) >= 11 is 0. The fraction of sp³-hybridized carbons (Fsp3) is 0.167. The number of sulfonamides is 1. The van der Waals surface area contributed by atoms with Gasteiger partial charge in [0, 0.05) is 17.7 Å². The highest BCUT2D eigenvalue weighted by atomic mass is 32.2. The molecular formula is C24H24FN3O5S. The van der Waals surface area contributed by atoms with E-state index in [-0.39, 0.29) is 34.1 Å². The summed E-state index contributed by atoms with van der Waals surface area (Å²) < 4.78 is 46.6. The van der Waals surface area contributed by atoms with Gasteiger partial charge in [-0.1, -0.05) is 42.0 Å². The van der Waals surface area contributed by atoms with Crippen molar-refractivity contribution in [3.8, 4) is 11.5 Å². The Morgan fingerprint density at radius 2 is 1.82 bits per heavy atom. The third kappa shape index (κ3) is 5.97. The summed E-state index contributed by atoms with van der Waals surface area (Å²) in [6, 6.07) is 16.6. The zero-order valence-corrected chi connectivity index (χ0v) is 19.4. The maximum Gasteiger partial charge on any atom is 0.255 e. The highest BCUT2D eigenvalue weighted by Gasteiger charge is 2.27. The molecular weight excluding hydrogens is 461 g/mol. The second-order valence-electron chi connectivity index (χ2n) is 7.37. The number of phenolic OH excluding ortho intramolecular Hbond substituents is 1. The number of nitrogens with zero attached hydrogens (tertiary/aromatic N) is 2. The number of carbonyl (C=O) groups excluding carboxylic acids is 1. The molecule has 0 bridgehead atoms. The van der Waals surface area contributed by atoms with Gasteiger partial charge in [0.25, 0.3) is 5.91 Å². The molecule has 0 unspecified atom stereocenters. The Kier molecular flexibility index (Phi) is 7.98. The highest BCUT2D eigenvalue weighted by molar-refractivity contribution is 7.89. The van der Waals surface area contributed by atoms with E-state index in [2.05, 4.69) is 10.5 Å². The molecule has 0 fully saturated rings. The van der Waals surface area contributed by atoms with Crippen LogP contribution >= 0.6 is 0 Å². The number of phenols is 1. The first-order valence-electron chi connectivity index (χ1n) is 10.2. The van der Waals surface area contributed by atoms with Gasteiger partial charge in [-0.2, -0.15) is 9.41 Å². The first-order valence-corrected chi connectivity index (χ1v) is 11.6. The number of hydrogen-bond acceptors (Lipinski definition) is 6. The van der Waals surface area contributed by atoms with Crippen molar-refractivity contribution >= 4 is 22.1 Å². The minimum Gasteiger partial charge on any atom is -0.504 e. The summed E-state index contributed by atoms with van der Waals surface area (Å²) in [6.45, 7) is 0.863. The number of carbonyl (C=O) groups is 1. The third-order valence-corrected chi connectivity index (χ3v) is 6.73. The van der Waals surface area contributed by atoms with Crippen LogP contribution in [0.25, 0.3) is 0 Å². The van der Waals surface area contributed by atoms with Crippen LogP contribution < -0.4 is 10.2 Å². The van der Waals surface area contributed by atoms with E-state index in [1.807, 2.05) is 6.92 Å². The number of hydrazone groups is 1. The Labute approximate surface area is 197 Å². The minimum atomic E-state index is -4.12. The van der Waals surface area contributed by atoms with Crippen LogP contribution in [0.15, 0.2) is 76.7 Å². The van der Waals surface area contributed by atoms with Gasteiger partial charge >= 0.3 is 0 Å². The quantitative estimate of drug-likeness (QED) is 0.358. The van der Waals surface area contributed by atoms with E-state index in [0.717, 1.165) is 9.87 Å². The lowest BCUT2D eigenvalue weighted by atomic mass is 10.2. The number of hydrogen-bond donors (Lipinski definition) is 2. The predicted octanol–water partition coefficient (Wildman–Crippen LogP) is 3.19. The number of aromatic hydroxyl groups is 1. The number of nitrogens with one attached hydrogen (secondary N) is 1. The molecule has 0 aliphatic rings. The standard InChI is InChI=1S/C24H24FN3O5S/c1-17-10-12-20(13-11-17)34(31,32)28(15-19-6-3-4-8-21(19)25)16-23(29)27-26-14-18-7-5-9-22(33-2)24(18)30/h3-14,30H,15-16H2,1-2H3,(H,27,29)/b26-14-. The molecule has 0 aliphatic heterocycles. The molecule has 0 aliphatic carbocycles. The molecule has 8 nitrogen and oxygen atoms in total. The molecule has 0 spiro atoms. The first kappa shape index (κ1) is 24.9. The van der Waals surface area contributed by atoms with Crippen molar-refractivity contribution in [2.24, 2.45) is 5.10 Å². The molecule has 178 valence electrons. The molecule has 3 aromatic carbocycles. The van der Waals surface area contributed by atoms with Gasteiger partial charge in [-0.3, -0.25) is 4.79 Å². The van der Waals surface area contributed by atoms with E-state index in [1.54, 1.807) is 36.4 Å². The summed E-state index contributed by atoms with van der Waals surface area (Å²) in [5.74, 6) is -1.26. The summed E-state index contributed by atoms with van der Waals surface area (Å²) in [4.78, 5) is 12.5. The van der Waals surface area contributed by atoms with Crippen molar-refractivity contribution in [1.82, 2.24) is 9.73 Å². The molecule has 1 amide bonds. The smallest absolute Gasteiger partial charge is 0.255 e. The van der Waals surface area contributed by atoms with Crippen LogP contribution in [0, 0.1) is 12.7 Å². The van der Waals surface area contributed by atoms with Crippen molar-refractivity contribution in [2.75, 3.05) is 13.7 Å². The van der Waals surface area contributed by atoms with E-state index in [9.17, 15) is 22.7 Å². The van der Waals surface area contributed by atoms with E-state index in [4.69, 9.17) is 4.74 Å². The summed E-state index contributed by atoms with van der Waals surface area (Å²) in [5.41, 5.74) is 3.51. The molecule has 0 atom stereocenters. The van der Waals surface area contributed by atoms with Gasteiger partial charge in [0.05, 0.1) is 24.8 Å². The van der Waals surface area contributed by atoms with E-state index in [0.29, 0.717) is 0 Å². The van der Waals surface area contributed by atoms with Crippen molar-refractivity contribution < 1.29 is 27.4 Å². The number of methoxy groups -OCH3 is 1. The van der Waals surface area contributed by atoms with Crippen LogP contribution in [0.2, 0.25) is 0 Å². The fourth-order valence-corrected chi connectivity index (χ4v) is 4.45. The summed E-state index contributed by atoms with van der Waals surface area (Å²) in [5, 5.41) is 13.9. The van der Waals surface area contributed by atoms with Gasteiger partial charge in [0.2, 0.25) is 10.0 Å². The van der Waals surface area contributed by atoms with Gasteiger partial charge in [-0.25, -0.2) is 18.2 Å². The normalized spacial score (nSPS) is 11.6. The lowest BCUT2D eigenvalue weighted by molar-refractivity contribution is -0.121. The van der Waals surface area contributed by atoms with E-state index >= 15 is 0 Å². The Hall–Kier alpha value is -3.76. The molecule has 10 heteroatoms. The third-order valence-electron chi connectivity index (χ3n) is 4.93. The molecule has 0 heterocycles. The minimum absolute atomic E-state index is 0.0213. The highest BCUT2D eigenvalue weighted by Crippen LogP contribution is 2.28. The molecule has 0 saturated heterocycles. The van der Waals surface area contributed by atoms with Crippen molar-refractivity contribution in [3.05, 3.63) is 89.2 Å². The lowest BCUT2D eigenvalue weighted by Gasteiger charge is -2.22. The number of amides is 1. The summed E-state index contributed by atoms with van der Waals surface area (Å²) in [6.07, 6.45) is 1.20. The van der Waals surface area contributed by atoms with E-state index in [1.165, 1.54) is 43.7 Å². The molecule has 34 heavy (non-hydrogen) atoms. The number of ether oxygens (including phenoxy) is 1. The molecule has 3 rings (SSSR count). The molecule has 3 aromatic rings. The zero-order valence-electron chi connectivity index (χ0n) is 18.6. The number of halogens is 1. The Balaban J connectivity index is 1.81. The number of rotatable bonds is 9. The molecule has 0 saturated carbocycles. The predicted molar refractivity (Wildman–Crippen MR) is 126 cm³/mol. The molecule has 0 aromatic heterocycles. The van der Waals surface area contributed by atoms with E-state index < -0.39 is 28.3 Å². The van der Waals surface area contributed by atoms with Gasteiger partial charge in [0.15, 0.2) is 11.5 Å². The number of para-hydroxylation sites is 1. The maximum atomic E-state index is 14.2. The SMILES string of the molecule is COc1cccc(/C=N\NC(=O)CN(Cc2ccccc2F)S(=O)(=O)c2ccc(C)cc2)c1O. The van der Waals surface area contributed by atoms with Gasteiger partial charge < -0.3 is 9.84 Å². The first-order chi connectivity index (χ1) is 16.2. The van der Waals surface area contributed by atoms with Crippen LogP contribution in [0.4, 0.5) is 4.39 Å². The zero-order chi connectivity index (χ0) is 24.7. The Bertz CT molecular complexity index is 1290. The van der Waals surface area contributed by atoms with Gasteiger partial charge in [0.1, 0.15) is 5.82 Å². The fourth-order valence-electron chi connectivity index (χ4n) is 3.08. The second kappa shape index (κ2) is 10.9. The average Bonchev–Trinajstić information content (AvgIpc) is 2.81. The van der Waals surface area contributed by atoms with Gasteiger partial charge in [-0.05, 0) is 37.3 Å². The Morgan fingerprint density at radius 3 is 2.50 bits per heavy atom. The second-order valence-corrected chi connectivity index (χ2v) is 9.31. The summed E-state index contributed by atoms with van der Waals surface area (Å²) in [7, 11) is -2.72. The van der Waals surface area contributed by atoms with Gasteiger partial charge in [-0.15, -0.1) is 0 Å². The van der Waals surface area contributed by atoms with Crippen LogP contribution in [-0.2, 0) is 21.4 Å². The number of benzene rings is 3. The van der Waals surface area contributed by atoms with Crippen molar-refractivity contribution in [1.29, 1.82) is 0 Å². The average molecular weight is 486 g/mol. The van der Waals surface area contributed by atoms with Crippen molar-refractivity contribution in [2.45, 2.75) is 18.4 Å². The molecule has 0 radical (unpaired) electrons. The van der Waals surface area contributed by atoms with Crippen molar-refractivity contribution in [3.63, 3.8) is 0 Å².